The molecule has 0 saturated carbocycles. The van der Waals surface area contributed by atoms with Crippen LogP contribution in [0.15, 0.2) is 71.1 Å². The third-order valence-electron chi connectivity index (χ3n) is 6.65. The number of pyridine rings is 1. The normalized spacial score (nSPS) is 14.7. The molecule has 2 aromatic carbocycles. The molecule has 0 atom stereocenters. The minimum Gasteiger partial charge on any atom is -0.457 e. The van der Waals surface area contributed by atoms with Crippen LogP contribution in [-0.4, -0.2) is 59.7 Å². The van der Waals surface area contributed by atoms with Gasteiger partial charge < -0.3 is 9.84 Å². The summed E-state index contributed by atoms with van der Waals surface area (Å²) in [6, 6.07) is 15.1. The van der Waals surface area contributed by atoms with E-state index >= 15 is 0 Å². The number of likely N-dealkylation sites (tertiary alicyclic amines) is 1. The minimum absolute atomic E-state index is 0.193. The number of hydrogen-bond acceptors (Lipinski definition) is 9. The van der Waals surface area contributed by atoms with Crippen molar-refractivity contribution in [3.63, 3.8) is 0 Å². The van der Waals surface area contributed by atoms with Crippen LogP contribution in [0.1, 0.15) is 34.5 Å². The second kappa shape index (κ2) is 11.8. The fourth-order valence-corrected chi connectivity index (χ4v) is 5.84. The minimum atomic E-state index is -3.33. The van der Waals surface area contributed by atoms with Crippen LogP contribution >= 0.6 is 11.3 Å². The molecule has 208 valence electrons. The van der Waals surface area contributed by atoms with Gasteiger partial charge in [-0.15, -0.1) is 11.3 Å². The van der Waals surface area contributed by atoms with E-state index in [-0.39, 0.29) is 16.9 Å². The number of ether oxygens (including phenoxy) is 1. The Labute approximate surface area is 237 Å². The number of rotatable bonds is 8. The fourth-order valence-electron chi connectivity index (χ4n) is 4.52. The monoisotopic (exact) mass is 578 g/mol. The molecular weight excluding hydrogens is 548 g/mol. The Morgan fingerprint density at radius 1 is 1.12 bits per heavy atom. The van der Waals surface area contributed by atoms with Gasteiger partial charge in [0.1, 0.15) is 11.5 Å². The molecule has 1 aliphatic rings. The number of benzene rings is 2. The van der Waals surface area contributed by atoms with Crippen molar-refractivity contribution in [3.8, 4) is 22.8 Å². The molecule has 11 heteroatoms. The third kappa shape index (κ3) is 6.92. The first-order valence-electron chi connectivity index (χ1n) is 12.9. The molecule has 0 unspecified atom stereocenters. The van der Waals surface area contributed by atoms with Gasteiger partial charge in [-0.2, -0.15) is 0 Å². The summed E-state index contributed by atoms with van der Waals surface area (Å²) in [5.74, 6) is 0.505. The summed E-state index contributed by atoms with van der Waals surface area (Å²) in [5, 5.41) is 15.1. The maximum atomic E-state index is 13.4. The van der Waals surface area contributed by atoms with Crippen molar-refractivity contribution in [2.45, 2.75) is 37.3 Å². The van der Waals surface area contributed by atoms with Crippen LogP contribution in [0.3, 0.4) is 0 Å². The highest BCUT2D eigenvalue weighted by Gasteiger charge is 2.19. The first-order chi connectivity index (χ1) is 19.1. The summed E-state index contributed by atoms with van der Waals surface area (Å²) in [6.07, 6.45) is 4.13. The Morgan fingerprint density at radius 3 is 2.58 bits per heavy atom. The highest BCUT2D eigenvalue weighted by atomic mass is 32.2. The van der Waals surface area contributed by atoms with E-state index in [1.165, 1.54) is 23.5 Å². The Morgan fingerprint density at radius 2 is 1.88 bits per heavy atom. The van der Waals surface area contributed by atoms with Gasteiger partial charge in [-0.1, -0.05) is 6.07 Å². The number of amides is 1. The zero-order chi connectivity index (χ0) is 28.3. The van der Waals surface area contributed by atoms with Gasteiger partial charge in [-0.25, -0.2) is 13.4 Å². The predicted octanol–water partition coefficient (Wildman–Crippen LogP) is 4.92. The summed E-state index contributed by atoms with van der Waals surface area (Å²) >= 11 is 1.36. The number of sulfone groups is 1. The summed E-state index contributed by atoms with van der Waals surface area (Å²) in [5.41, 5.74) is 3.61. The lowest BCUT2D eigenvalue weighted by Gasteiger charge is -2.28. The number of thiazole rings is 1. The molecule has 0 spiro atoms. The Bertz CT molecular complexity index is 1610. The quantitative estimate of drug-likeness (QED) is 0.302. The molecule has 0 radical (unpaired) electrons. The number of hydrogen-bond donors (Lipinski definition) is 2. The molecule has 4 aromatic rings. The lowest BCUT2D eigenvalue weighted by Crippen LogP contribution is -2.35. The first kappa shape index (κ1) is 27.9. The standard InChI is InChI=1S/C29H30N4O5S2/c1-19-4-3-11-30-27(19)20-14-21(16-25(15-20)38-24-5-7-26(8-6-24)40(2,36)37)28(35)32-29-31-22(18-39-29)17-33-12-9-23(34)10-13-33/h3-8,11,14-16,18,23,34H,9-10,12-13,17H2,1-2H3,(H,31,32,35). The average Bonchev–Trinajstić information content (AvgIpc) is 3.36. The predicted molar refractivity (Wildman–Crippen MR) is 155 cm³/mol. The van der Waals surface area contributed by atoms with E-state index in [9.17, 15) is 18.3 Å². The van der Waals surface area contributed by atoms with E-state index in [1.807, 2.05) is 24.4 Å². The summed E-state index contributed by atoms with van der Waals surface area (Å²) in [7, 11) is -3.33. The van der Waals surface area contributed by atoms with Crippen LogP contribution in [0.5, 0.6) is 11.5 Å². The second-order valence-corrected chi connectivity index (χ2v) is 12.7. The molecule has 40 heavy (non-hydrogen) atoms. The molecule has 1 amide bonds. The largest absolute Gasteiger partial charge is 0.457 e. The topological polar surface area (TPSA) is 122 Å². The zero-order valence-corrected chi connectivity index (χ0v) is 23.8. The number of carbonyl (C=O) groups is 1. The molecule has 0 aliphatic carbocycles. The van der Waals surface area contributed by atoms with Crippen molar-refractivity contribution in [2.75, 3.05) is 24.7 Å². The van der Waals surface area contributed by atoms with Gasteiger partial charge >= 0.3 is 0 Å². The van der Waals surface area contributed by atoms with Crippen LogP contribution in [0, 0.1) is 6.92 Å². The highest BCUT2D eigenvalue weighted by molar-refractivity contribution is 7.90. The van der Waals surface area contributed by atoms with Gasteiger partial charge in [0.05, 0.1) is 22.4 Å². The number of aliphatic hydroxyl groups is 1. The van der Waals surface area contributed by atoms with E-state index in [4.69, 9.17) is 4.74 Å². The van der Waals surface area contributed by atoms with Gasteiger partial charge in [0.15, 0.2) is 15.0 Å². The van der Waals surface area contributed by atoms with Gasteiger partial charge in [0.25, 0.3) is 5.91 Å². The van der Waals surface area contributed by atoms with Gasteiger partial charge in [0, 0.05) is 48.6 Å². The number of aryl methyl sites for hydroxylation is 1. The number of piperidine rings is 1. The molecule has 1 aliphatic heterocycles. The lowest BCUT2D eigenvalue weighted by atomic mass is 10.0. The first-order valence-corrected chi connectivity index (χ1v) is 15.6. The third-order valence-corrected chi connectivity index (χ3v) is 8.59. The molecular formula is C29H30N4O5S2. The van der Waals surface area contributed by atoms with E-state index in [1.54, 1.807) is 36.5 Å². The number of nitrogens with zero attached hydrogens (tertiary/aromatic N) is 3. The summed E-state index contributed by atoms with van der Waals surface area (Å²) < 4.78 is 29.7. The van der Waals surface area contributed by atoms with Crippen molar-refractivity contribution >= 4 is 32.2 Å². The smallest absolute Gasteiger partial charge is 0.257 e. The lowest BCUT2D eigenvalue weighted by molar-refractivity contribution is 0.0787. The van der Waals surface area contributed by atoms with E-state index in [0.717, 1.165) is 49.1 Å². The Kier molecular flexibility index (Phi) is 8.27. The fraction of sp³-hybridized carbons (Fsp3) is 0.276. The molecule has 5 rings (SSSR count). The van der Waals surface area contributed by atoms with E-state index in [2.05, 4.69) is 20.2 Å². The number of nitrogens with one attached hydrogen (secondary N) is 1. The van der Waals surface area contributed by atoms with Crippen LogP contribution in [0.4, 0.5) is 5.13 Å². The number of anilines is 1. The SMILES string of the molecule is Cc1cccnc1-c1cc(Oc2ccc(S(C)(=O)=O)cc2)cc(C(=O)Nc2nc(CN3CCC(O)CC3)cs2)c1. The van der Waals surface area contributed by atoms with E-state index < -0.39 is 9.84 Å². The van der Waals surface area contributed by atoms with E-state index in [0.29, 0.717) is 34.3 Å². The van der Waals surface area contributed by atoms with Crippen LogP contribution < -0.4 is 10.1 Å². The molecule has 3 heterocycles. The Balaban J connectivity index is 1.38. The van der Waals surface area contributed by atoms with Gasteiger partial charge in [0.2, 0.25) is 0 Å². The molecule has 1 saturated heterocycles. The van der Waals surface area contributed by atoms with Gasteiger partial charge in [-0.05, 0) is 73.9 Å². The van der Waals surface area contributed by atoms with Crippen molar-refractivity contribution < 1.29 is 23.1 Å². The van der Waals surface area contributed by atoms with Gasteiger partial charge in [-0.3, -0.25) is 20.0 Å². The summed E-state index contributed by atoms with van der Waals surface area (Å²) in [4.78, 5) is 24.9. The number of aliphatic hydroxyl groups excluding tert-OH is 1. The number of aromatic nitrogens is 2. The van der Waals surface area contributed by atoms with Crippen molar-refractivity contribution in [1.29, 1.82) is 0 Å². The van der Waals surface area contributed by atoms with Crippen molar-refractivity contribution in [1.82, 2.24) is 14.9 Å². The van der Waals surface area contributed by atoms with Crippen LogP contribution in [-0.2, 0) is 16.4 Å². The maximum absolute atomic E-state index is 13.4. The van der Waals surface area contributed by atoms with Crippen LogP contribution in [0.25, 0.3) is 11.3 Å². The zero-order valence-electron chi connectivity index (χ0n) is 22.2. The molecule has 9 nitrogen and oxygen atoms in total. The Hall–Kier alpha value is -3.64. The summed E-state index contributed by atoms with van der Waals surface area (Å²) in [6.45, 7) is 4.25. The molecule has 2 aromatic heterocycles. The van der Waals surface area contributed by atoms with Crippen LogP contribution in [0.2, 0.25) is 0 Å². The maximum Gasteiger partial charge on any atom is 0.257 e. The average molecular weight is 579 g/mol. The molecule has 0 bridgehead atoms. The molecule has 2 N–H and O–H groups in total. The second-order valence-electron chi connectivity index (χ2n) is 9.87. The molecule has 1 fully saturated rings. The van der Waals surface area contributed by atoms with Crippen molar-refractivity contribution in [2.24, 2.45) is 0 Å². The highest BCUT2D eigenvalue weighted by Crippen LogP contribution is 2.31. The number of carbonyl (C=O) groups excluding carboxylic acids is 1. The van der Waals surface area contributed by atoms with Crippen molar-refractivity contribution in [3.05, 3.63) is 83.0 Å².